The third-order valence-corrected chi connectivity index (χ3v) is 3.45. The van der Waals surface area contributed by atoms with Gasteiger partial charge in [-0.1, -0.05) is 6.92 Å². The number of hydrogen-bond acceptors (Lipinski definition) is 6. The van der Waals surface area contributed by atoms with E-state index in [1.165, 1.54) is 0 Å². The molecule has 1 unspecified atom stereocenters. The molecule has 1 aliphatic heterocycles. The molecule has 3 heterocycles. The lowest BCUT2D eigenvalue weighted by Gasteiger charge is -2.24. The Balaban J connectivity index is 1.82. The smallest absolute Gasteiger partial charge is 0.226 e. The molecule has 112 valence electrons. The molecule has 21 heavy (non-hydrogen) atoms. The summed E-state index contributed by atoms with van der Waals surface area (Å²) in [6, 6.07) is 0.176. The molecule has 8 heteroatoms. The van der Waals surface area contributed by atoms with Gasteiger partial charge in [0, 0.05) is 25.6 Å². The van der Waals surface area contributed by atoms with E-state index in [1.807, 2.05) is 0 Å². The summed E-state index contributed by atoms with van der Waals surface area (Å²) in [5.74, 6) is 1.43. The van der Waals surface area contributed by atoms with E-state index in [1.54, 1.807) is 6.20 Å². The van der Waals surface area contributed by atoms with E-state index in [0.717, 1.165) is 30.6 Å². The van der Waals surface area contributed by atoms with E-state index >= 15 is 0 Å². The highest BCUT2D eigenvalue weighted by Crippen LogP contribution is 2.21. The minimum absolute atomic E-state index is 0.106. The van der Waals surface area contributed by atoms with E-state index in [2.05, 4.69) is 43.0 Å². The van der Waals surface area contributed by atoms with Gasteiger partial charge in [0.05, 0.1) is 11.6 Å². The Kier molecular flexibility index (Phi) is 3.85. The Hall–Kier alpha value is -2.38. The molecular weight excluding hydrogens is 270 g/mol. The quantitative estimate of drug-likeness (QED) is 0.650. The van der Waals surface area contributed by atoms with Crippen LogP contribution in [0.25, 0.3) is 11.0 Å². The van der Waals surface area contributed by atoms with Crippen LogP contribution in [0.1, 0.15) is 26.2 Å². The van der Waals surface area contributed by atoms with Gasteiger partial charge < -0.3 is 16.0 Å². The fraction of sp³-hybridized carbons (Fsp3) is 0.538. The molecule has 0 bridgehead atoms. The van der Waals surface area contributed by atoms with Crippen LogP contribution in [0.2, 0.25) is 0 Å². The molecular formula is C13H19N7O. The van der Waals surface area contributed by atoms with E-state index in [4.69, 9.17) is 0 Å². The minimum Gasteiger partial charge on any atom is -0.365 e. The van der Waals surface area contributed by atoms with Gasteiger partial charge in [-0.3, -0.25) is 9.89 Å². The molecule has 1 saturated heterocycles. The number of amides is 1. The number of hydrogen-bond donors (Lipinski definition) is 4. The van der Waals surface area contributed by atoms with Crippen molar-refractivity contribution in [1.29, 1.82) is 0 Å². The Morgan fingerprint density at radius 2 is 2.33 bits per heavy atom. The number of anilines is 2. The van der Waals surface area contributed by atoms with Crippen molar-refractivity contribution in [2.75, 3.05) is 23.7 Å². The third kappa shape index (κ3) is 3.04. The predicted octanol–water partition coefficient (Wildman–Crippen LogP) is 0.865. The highest BCUT2D eigenvalue weighted by atomic mass is 16.1. The SMILES string of the molecule is CCCNc1nc(NC2CCC(=O)NC2)c2cn[nH]c2n1. The second-order valence-corrected chi connectivity index (χ2v) is 5.14. The zero-order valence-electron chi connectivity index (χ0n) is 11.9. The number of carbonyl (C=O) groups excluding carboxylic acids is 1. The molecule has 1 amide bonds. The van der Waals surface area contributed by atoms with Gasteiger partial charge in [0.1, 0.15) is 5.82 Å². The summed E-state index contributed by atoms with van der Waals surface area (Å²) >= 11 is 0. The van der Waals surface area contributed by atoms with Gasteiger partial charge in [-0.25, -0.2) is 0 Å². The van der Waals surface area contributed by atoms with Crippen LogP contribution in [0.5, 0.6) is 0 Å². The summed E-state index contributed by atoms with van der Waals surface area (Å²) in [7, 11) is 0. The fourth-order valence-electron chi connectivity index (χ4n) is 2.31. The summed E-state index contributed by atoms with van der Waals surface area (Å²) in [5.41, 5.74) is 0.700. The maximum atomic E-state index is 11.2. The number of piperidine rings is 1. The zero-order chi connectivity index (χ0) is 14.7. The summed E-state index contributed by atoms with van der Waals surface area (Å²) in [6.45, 7) is 3.52. The molecule has 8 nitrogen and oxygen atoms in total. The van der Waals surface area contributed by atoms with Gasteiger partial charge in [-0.2, -0.15) is 15.1 Å². The second kappa shape index (κ2) is 5.94. The van der Waals surface area contributed by atoms with Crippen molar-refractivity contribution >= 4 is 28.7 Å². The maximum Gasteiger partial charge on any atom is 0.226 e. The molecule has 2 aromatic rings. The Morgan fingerprint density at radius 1 is 1.43 bits per heavy atom. The van der Waals surface area contributed by atoms with Gasteiger partial charge in [-0.15, -0.1) is 0 Å². The molecule has 1 aliphatic rings. The molecule has 0 saturated carbocycles. The Labute approximate surface area is 122 Å². The lowest BCUT2D eigenvalue weighted by atomic mass is 10.1. The Morgan fingerprint density at radius 3 is 3.10 bits per heavy atom. The average molecular weight is 289 g/mol. The van der Waals surface area contributed by atoms with Gasteiger partial charge in [0.2, 0.25) is 11.9 Å². The number of nitrogens with zero attached hydrogens (tertiary/aromatic N) is 3. The van der Waals surface area contributed by atoms with Gasteiger partial charge in [-0.05, 0) is 12.8 Å². The topological polar surface area (TPSA) is 108 Å². The summed E-state index contributed by atoms with van der Waals surface area (Å²) in [5, 5.41) is 17.2. The third-order valence-electron chi connectivity index (χ3n) is 3.45. The van der Waals surface area contributed by atoms with Crippen LogP contribution in [0.15, 0.2) is 6.20 Å². The maximum absolute atomic E-state index is 11.2. The summed E-state index contributed by atoms with van der Waals surface area (Å²) < 4.78 is 0. The zero-order valence-corrected chi connectivity index (χ0v) is 11.9. The normalized spacial score (nSPS) is 18.5. The molecule has 3 rings (SSSR count). The van der Waals surface area contributed by atoms with Crippen LogP contribution < -0.4 is 16.0 Å². The number of carbonyl (C=O) groups is 1. The van der Waals surface area contributed by atoms with Crippen LogP contribution in [0, 0.1) is 0 Å². The van der Waals surface area contributed by atoms with E-state index in [-0.39, 0.29) is 11.9 Å². The first-order chi connectivity index (χ1) is 10.3. The molecule has 1 atom stereocenters. The van der Waals surface area contributed by atoms with Crippen molar-refractivity contribution in [2.24, 2.45) is 0 Å². The highest BCUT2D eigenvalue weighted by Gasteiger charge is 2.19. The predicted molar refractivity (Wildman–Crippen MR) is 80.1 cm³/mol. The lowest BCUT2D eigenvalue weighted by Crippen LogP contribution is -2.42. The second-order valence-electron chi connectivity index (χ2n) is 5.14. The van der Waals surface area contributed by atoms with Crippen LogP contribution in [-0.2, 0) is 4.79 Å². The number of aromatic nitrogens is 4. The van der Waals surface area contributed by atoms with E-state index < -0.39 is 0 Å². The molecule has 2 aromatic heterocycles. The van der Waals surface area contributed by atoms with Gasteiger partial charge in [0.25, 0.3) is 0 Å². The van der Waals surface area contributed by atoms with Crippen molar-refractivity contribution in [3.05, 3.63) is 6.20 Å². The first-order valence-corrected chi connectivity index (χ1v) is 7.24. The van der Waals surface area contributed by atoms with Crippen molar-refractivity contribution in [1.82, 2.24) is 25.5 Å². The highest BCUT2D eigenvalue weighted by molar-refractivity contribution is 5.87. The first-order valence-electron chi connectivity index (χ1n) is 7.24. The molecule has 0 aliphatic carbocycles. The molecule has 0 spiro atoms. The van der Waals surface area contributed by atoms with Crippen molar-refractivity contribution in [3.63, 3.8) is 0 Å². The number of aromatic amines is 1. The summed E-state index contributed by atoms with van der Waals surface area (Å²) in [6.07, 6.45) is 4.05. The van der Waals surface area contributed by atoms with Crippen LogP contribution in [0.3, 0.4) is 0 Å². The minimum atomic E-state index is 0.106. The molecule has 1 fully saturated rings. The van der Waals surface area contributed by atoms with E-state index in [0.29, 0.717) is 24.6 Å². The fourth-order valence-corrected chi connectivity index (χ4v) is 2.31. The van der Waals surface area contributed by atoms with Crippen LogP contribution >= 0.6 is 0 Å². The average Bonchev–Trinajstić information content (AvgIpc) is 2.96. The number of nitrogens with one attached hydrogen (secondary N) is 4. The monoisotopic (exact) mass is 289 g/mol. The first kappa shape index (κ1) is 13.6. The van der Waals surface area contributed by atoms with Crippen molar-refractivity contribution in [3.8, 4) is 0 Å². The largest absolute Gasteiger partial charge is 0.365 e. The van der Waals surface area contributed by atoms with Gasteiger partial charge in [0.15, 0.2) is 5.65 Å². The van der Waals surface area contributed by atoms with Crippen LogP contribution in [0.4, 0.5) is 11.8 Å². The number of fused-ring (bicyclic) bond motifs is 1. The van der Waals surface area contributed by atoms with Crippen molar-refractivity contribution in [2.45, 2.75) is 32.2 Å². The molecule has 0 radical (unpaired) electrons. The van der Waals surface area contributed by atoms with Crippen molar-refractivity contribution < 1.29 is 4.79 Å². The lowest BCUT2D eigenvalue weighted by molar-refractivity contribution is -0.122. The molecule has 4 N–H and O–H groups in total. The molecule has 0 aromatic carbocycles. The van der Waals surface area contributed by atoms with Crippen LogP contribution in [-0.4, -0.2) is 45.2 Å². The Bertz CT molecular complexity index is 628. The number of H-pyrrole nitrogens is 1. The van der Waals surface area contributed by atoms with Gasteiger partial charge >= 0.3 is 0 Å². The van der Waals surface area contributed by atoms with E-state index in [9.17, 15) is 4.79 Å². The standard InChI is InChI=1S/C13H19N7O/c1-2-5-14-13-18-11(9-7-16-20-12(9)19-13)17-8-3-4-10(21)15-6-8/h7-8H,2-6H2,1H3,(H,15,21)(H3,14,16,17,18,19,20). The number of rotatable bonds is 5. The summed E-state index contributed by atoms with van der Waals surface area (Å²) in [4.78, 5) is 20.1.